The summed E-state index contributed by atoms with van der Waals surface area (Å²) in [6.45, 7) is 2.34. The van der Waals surface area contributed by atoms with Crippen LogP contribution in [0.25, 0.3) is 11.0 Å². The molecule has 1 amide bonds. The van der Waals surface area contributed by atoms with Gasteiger partial charge in [-0.25, -0.2) is 4.98 Å². The molecule has 1 aromatic carbocycles. The maximum atomic E-state index is 12.1. The first kappa shape index (κ1) is 13.5. The number of hydrogen-bond donors (Lipinski definition) is 2. The third-order valence-corrected chi connectivity index (χ3v) is 3.34. The SMILES string of the molecule is CCC(CO)C(=O)N(C)Cc1ccc2nc[nH]c2c1. The number of hydrogen-bond acceptors (Lipinski definition) is 3. The summed E-state index contributed by atoms with van der Waals surface area (Å²) in [4.78, 5) is 20.9. The van der Waals surface area contributed by atoms with Gasteiger partial charge in [-0.3, -0.25) is 4.79 Å². The summed E-state index contributed by atoms with van der Waals surface area (Å²) in [7, 11) is 1.76. The van der Waals surface area contributed by atoms with E-state index in [1.54, 1.807) is 18.3 Å². The summed E-state index contributed by atoms with van der Waals surface area (Å²) < 4.78 is 0. The van der Waals surface area contributed by atoms with E-state index in [-0.39, 0.29) is 18.4 Å². The zero-order valence-corrected chi connectivity index (χ0v) is 11.3. The predicted molar refractivity (Wildman–Crippen MR) is 73.4 cm³/mol. The Bertz CT molecular complexity index is 561. The van der Waals surface area contributed by atoms with Crippen molar-refractivity contribution >= 4 is 16.9 Å². The number of carbonyl (C=O) groups is 1. The van der Waals surface area contributed by atoms with E-state index >= 15 is 0 Å². The first-order valence-corrected chi connectivity index (χ1v) is 6.43. The summed E-state index contributed by atoms with van der Waals surface area (Å²) in [6, 6.07) is 5.89. The Morgan fingerprint density at radius 1 is 1.53 bits per heavy atom. The van der Waals surface area contributed by atoms with Crippen molar-refractivity contribution in [2.45, 2.75) is 19.9 Å². The van der Waals surface area contributed by atoms with E-state index in [0.29, 0.717) is 13.0 Å². The summed E-state index contributed by atoms with van der Waals surface area (Å²) >= 11 is 0. The molecule has 0 aliphatic rings. The Kier molecular flexibility index (Phi) is 4.16. The summed E-state index contributed by atoms with van der Waals surface area (Å²) in [5, 5.41) is 9.16. The number of imidazole rings is 1. The normalized spacial score (nSPS) is 12.6. The van der Waals surface area contributed by atoms with Crippen molar-refractivity contribution < 1.29 is 9.90 Å². The van der Waals surface area contributed by atoms with E-state index in [1.165, 1.54) is 0 Å². The minimum atomic E-state index is -0.305. The van der Waals surface area contributed by atoms with Gasteiger partial charge in [-0.1, -0.05) is 13.0 Å². The molecular weight excluding hydrogens is 242 g/mol. The number of benzene rings is 1. The third-order valence-electron chi connectivity index (χ3n) is 3.34. The first-order valence-electron chi connectivity index (χ1n) is 6.43. The zero-order chi connectivity index (χ0) is 13.8. The van der Waals surface area contributed by atoms with Crippen molar-refractivity contribution in [1.29, 1.82) is 0 Å². The average Bonchev–Trinajstić information content (AvgIpc) is 2.87. The van der Waals surface area contributed by atoms with E-state index in [2.05, 4.69) is 9.97 Å². The number of rotatable bonds is 5. The molecule has 1 unspecified atom stereocenters. The highest BCUT2D eigenvalue weighted by molar-refractivity contribution is 5.79. The van der Waals surface area contributed by atoms with Crippen LogP contribution in [0.1, 0.15) is 18.9 Å². The lowest BCUT2D eigenvalue weighted by Crippen LogP contribution is -2.33. The molecule has 0 aliphatic heterocycles. The van der Waals surface area contributed by atoms with Gasteiger partial charge in [0.1, 0.15) is 0 Å². The lowest BCUT2D eigenvalue weighted by atomic mass is 10.1. The van der Waals surface area contributed by atoms with Gasteiger partial charge in [-0.2, -0.15) is 0 Å². The summed E-state index contributed by atoms with van der Waals surface area (Å²) in [5.41, 5.74) is 2.92. The molecule has 0 radical (unpaired) electrons. The number of amides is 1. The van der Waals surface area contributed by atoms with Crippen molar-refractivity contribution in [3.05, 3.63) is 30.1 Å². The van der Waals surface area contributed by atoms with Crippen molar-refractivity contribution in [2.75, 3.05) is 13.7 Å². The molecule has 5 nitrogen and oxygen atoms in total. The van der Waals surface area contributed by atoms with Crippen LogP contribution in [0.5, 0.6) is 0 Å². The Morgan fingerprint density at radius 2 is 2.32 bits per heavy atom. The number of nitrogens with one attached hydrogen (secondary N) is 1. The minimum absolute atomic E-state index is 0.0188. The fourth-order valence-corrected chi connectivity index (χ4v) is 2.13. The van der Waals surface area contributed by atoms with E-state index in [1.807, 2.05) is 25.1 Å². The van der Waals surface area contributed by atoms with Gasteiger partial charge in [0.15, 0.2) is 0 Å². The van der Waals surface area contributed by atoms with Crippen LogP contribution in [0.4, 0.5) is 0 Å². The minimum Gasteiger partial charge on any atom is -0.396 e. The molecule has 102 valence electrons. The van der Waals surface area contributed by atoms with Crippen molar-refractivity contribution in [3.63, 3.8) is 0 Å². The average molecular weight is 261 g/mol. The zero-order valence-electron chi connectivity index (χ0n) is 11.3. The molecule has 0 saturated carbocycles. The van der Waals surface area contributed by atoms with Gasteiger partial charge in [-0.15, -0.1) is 0 Å². The van der Waals surface area contributed by atoms with Gasteiger partial charge >= 0.3 is 0 Å². The largest absolute Gasteiger partial charge is 0.396 e. The molecule has 1 heterocycles. The Morgan fingerprint density at radius 3 is 3.00 bits per heavy atom. The predicted octanol–water partition coefficient (Wildman–Crippen LogP) is 1.54. The number of aromatic nitrogens is 2. The highest BCUT2D eigenvalue weighted by Gasteiger charge is 2.19. The molecule has 0 saturated heterocycles. The van der Waals surface area contributed by atoms with Crippen LogP contribution in [-0.2, 0) is 11.3 Å². The second kappa shape index (κ2) is 5.84. The number of carbonyl (C=O) groups excluding carboxylic acids is 1. The van der Waals surface area contributed by atoms with Gasteiger partial charge in [-0.05, 0) is 24.1 Å². The fraction of sp³-hybridized carbons (Fsp3) is 0.429. The number of fused-ring (bicyclic) bond motifs is 1. The molecule has 2 N–H and O–H groups in total. The van der Waals surface area contributed by atoms with Crippen LogP contribution in [0.15, 0.2) is 24.5 Å². The van der Waals surface area contributed by atoms with Crippen molar-refractivity contribution in [2.24, 2.45) is 5.92 Å². The van der Waals surface area contributed by atoms with Gasteiger partial charge in [0, 0.05) is 13.6 Å². The van der Waals surface area contributed by atoms with Crippen LogP contribution in [0, 0.1) is 5.92 Å². The fourth-order valence-electron chi connectivity index (χ4n) is 2.13. The van der Waals surface area contributed by atoms with E-state index in [4.69, 9.17) is 5.11 Å². The topological polar surface area (TPSA) is 69.2 Å². The molecule has 2 aromatic rings. The van der Waals surface area contributed by atoms with Gasteiger partial charge in [0.25, 0.3) is 0 Å². The molecule has 0 aliphatic carbocycles. The highest BCUT2D eigenvalue weighted by atomic mass is 16.3. The smallest absolute Gasteiger partial charge is 0.228 e. The van der Waals surface area contributed by atoms with Crippen LogP contribution >= 0.6 is 0 Å². The second-order valence-corrected chi connectivity index (χ2v) is 4.74. The maximum absolute atomic E-state index is 12.1. The summed E-state index contributed by atoms with van der Waals surface area (Å²) in [6.07, 6.45) is 2.31. The molecule has 2 rings (SSSR count). The Balaban J connectivity index is 2.09. The van der Waals surface area contributed by atoms with Crippen LogP contribution in [-0.4, -0.2) is 39.5 Å². The Hall–Kier alpha value is -1.88. The second-order valence-electron chi connectivity index (χ2n) is 4.74. The standard InChI is InChI=1S/C14H19N3O2/c1-3-11(8-18)14(19)17(2)7-10-4-5-12-13(6-10)16-9-15-12/h4-6,9,11,18H,3,7-8H2,1-2H3,(H,15,16). The van der Waals surface area contributed by atoms with Gasteiger partial charge < -0.3 is 15.0 Å². The quantitative estimate of drug-likeness (QED) is 0.857. The molecular formula is C14H19N3O2. The van der Waals surface area contributed by atoms with Crippen LogP contribution in [0.2, 0.25) is 0 Å². The van der Waals surface area contributed by atoms with E-state index in [9.17, 15) is 4.79 Å². The highest BCUT2D eigenvalue weighted by Crippen LogP contribution is 2.14. The number of aliphatic hydroxyl groups is 1. The lowest BCUT2D eigenvalue weighted by molar-refractivity contribution is -0.136. The maximum Gasteiger partial charge on any atom is 0.228 e. The first-order chi connectivity index (χ1) is 9.15. The molecule has 1 aromatic heterocycles. The monoisotopic (exact) mass is 261 g/mol. The van der Waals surface area contributed by atoms with Crippen LogP contribution < -0.4 is 0 Å². The van der Waals surface area contributed by atoms with Crippen molar-refractivity contribution in [1.82, 2.24) is 14.9 Å². The van der Waals surface area contributed by atoms with E-state index in [0.717, 1.165) is 16.6 Å². The number of aromatic amines is 1. The molecule has 0 fully saturated rings. The molecule has 5 heteroatoms. The molecule has 0 spiro atoms. The number of H-pyrrole nitrogens is 1. The lowest BCUT2D eigenvalue weighted by Gasteiger charge is -2.21. The van der Waals surface area contributed by atoms with Gasteiger partial charge in [0.05, 0.1) is 29.9 Å². The molecule has 0 bridgehead atoms. The van der Waals surface area contributed by atoms with E-state index < -0.39 is 0 Å². The van der Waals surface area contributed by atoms with Crippen LogP contribution in [0.3, 0.4) is 0 Å². The number of aliphatic hydroxyl groups excluding tert-OH is 1. The number of nitrogens with zero attached hydrogens (tertiary/aromatic N) is 2. The Labute approximate surface area is 112 Å². The molecule has 19 heavy (non-hydrogen) atoms. The van der Waals surface area contributed by atoms with Gasteiger partial charge in [0.2, 0.25) is 5.91 Å². The molecule has 1 atom stereocenters. The third kappa shape index (κ3) is 2.93. The summed E-state index contributed by atoms with van der Waals surface area (Å²) in [5.74, 6) is -0.324. The van der Waals surface area contributed by atoms with Crippen molar-refractivity contribution in [3.8, 4) is 0 Å².